The fourth-order valence-electron chi connectivity index (χ4n) is 1.02. The summed E-state index contributed by atoms with van der Waals surface area (Å²) in [6.45, 7) is 15.3. The van der Waals surface area contributed by atoms with Crippen LogP contribution >= 0.6 is 0 Å². The zero-order valence-corrected chi connectivity index (χ0v) is 14.9. The van der Waals surface area contributed by atoms with Gasteiger partial charge in [0.2, 0.25) is 0 Å². The first kappa shape index (κ1) is 25.0. The van der Waals surface area contributed by atoms with Crippen LogP contribution in [0.5, 0.6) is 0 Å². The fourth-order valence-corrected chi connectivity index (χ4v) is 1.02. The Morgan fingerprint density at radius 3 is 1.57 bits per heavy atom. The quantitative estimate of drug-likeness (QED) is 0.677. The van der Waals surface area contributed by atoms with Crippen molar-refractivity contribution in [3.8, 4) is 0 Å². The van der Waals surface area contributed by atoms with Crippen molar-refractivity contribution in [3.63, 3.8) is 0 Å². The summed E-state index contributed by atoms with van der Waals surface area (Å²) in [5.74, 6) is 0. The number of nitrogens with one attached hydrogen (secondary N) is 2. The second-order valence-corrected chi connectivity index (χ2v) is 4.02. The van der Waals surface area contributed by atoms with E-state index in [-0.39, 0.29) is 0 Å². The second kappa shape index (κ2) is 31.4. The first-order valence-corrected chi connectivity index (χ1v) is 8.29. The summed E-state index contributed by atoms with van der Waals surface area (Å²) >= 11 is 0. The van der Waals surface area contributed by atoms with E-state index < -0.39 is 0 Å². The zero-order valence-electron chi connectivity index (χ0n) is 14.9. The molecule has 1 heterocycles. The van der Waals surface area contributed by atoms with Crippen molar-refractivity contribution < 1.29 is 0 Å². The summed E-state index contributed by atoms with van der Waals surface area (Å²) in [6.07, 6.45) is 5.96. The molecule has 0 saturated carbocycles. The van der Waals surface area contributed by atoms with E-state index in [2.05, 4.69) is 36.4 Å². The molecule has 1 aromatic rings. The molecule has 1 aromatic heterocycles. The molecule has 0 amide bonds. The first-order chi connectivity index (χ1) is 10.3. The molecule has 0 atom stereocenters. The highest BCUT2D eigenvalue weighted by Gasteiger charge is 1.83. The van der Waals surface area contributed by atoms with Gasteiger partial charge in [0.25, 0.3) is 0 Å². The number of hydrogen-bond acceptors (Lipinski definition) is 4. The molecule has 0 spiro atoms. The van der Waals surface area contributed by atoms with E-state index in [0.29, 0.717) is 0 Å². The van der Waals surface area contributed by atoms with Crippen LogP contribution in [-0.2, 0) is 0 Å². The molecular weight excluding hydrogens is 260 g/mol. The van der Waals surface area contributed by atoms with Crippen LogP contribution in [-0.4, -0.2) is 37.7 Å². The Morgan fingerprint density at radius 1 is 0.810 bits per heavy atom. The average molecular weight is 299 g/mol. The monoisotopic (exact) mass is 298 g/mol. The molecule has 0 radical (unpaired) electrons. The lowest BCUT2D eigenvalue weighted by molar-refractivity contribution is 0.610. The first-order valence-electron chi connectivity index (χ1n) is 8.29. The van der Waals surface area contributed by atoms with E-state index >= 15 is 0 Å². The van der Waals surface area contributed by atoms with Crippen LogP contribution in [0.3, 0.4) is 0 Å². The summed E-state index contributed by atoms with van der Waals surface area (Å²) in [5.41, 5.74) is 5.29. The van der Waals surface area contributed by atoms with Crippen molar-refractivity contribution in [1.29, 1.82) is 0 Å². The van der Waals surface area contributed by atoms with Gasteiger partial charge in [0.15, 0.2) is 0 Å². The van der Waals surface area contributed by atoms with Gasteiger partial charge in [-0.05, 0) is 25.1 Å². The minimum Gasteiger partial charge on any atom is -0.329 e. The predicted octanol–water partition coefficient (Wildman–Crippen LogP) is 3.06. The van der Waals surface area contributed by atoms with Crippen LogP contribution in [0, 0.1) is 0 Å². The van der Waals surface area contributed by atoms with Gasteiger partial charge in [-0.2, -0.15) is 0 Å². The maximum Gasteiger partial charge on any atom is 0.0267 e. The maximum atomic E-state index is 5.29. The Balaban J connectivity index is -0.000000249. The summed E-state index contributed by atoms with van der Waals surface area (Å²) in [7, 11) is 0. The van der Waals surface area contributed by atoms with E-state index in [9.17, 15) is 0 Å². The van der Waals surface area contributed by atoms with Crippen molar-refractivity contribution in [3.05, 3.63) is 30.6 Å². The molecule has 0 aliphatic rings. The van der Waals surface area contributed by atoms with Gasteiger partial charge in [-0.25, -0.2) is 0 Å². The van der Waals surface area contributed by atoms with Gasteiger partial charge in [-0.1, -0.05) is 47.1 Å². The predicted molar refractivity (Wildman–Crippen MR) is 96.6 cm³/mol. The lowest BCUT2D eigenvalue weighted by Crippen LogP contribution is -2.30. The van der Waals surface area contributed by atoms with E-state index in [1.807, 2.05) is 32.0 Å². The largest absolute Gasteiger partial charge is 0.329 e. The minimum absolute atomic E-state index is 0.730. The normalized spacial score (nSPS) is 8.29. The highest BCUT2D eigenvalue weighted by molar-refractivity contribution is 4.88. The molecular formula is C17H38N4. The van der Waals surface area contributed by atoms with Crippen LogP contribution < -0.4 is 16.4 Å². The Bertz CT molecular complexity index is 183. The lowest BCUT2D eigenvalue weighted by Gasteiger charge is -2.03. The SMILES string of the molecule is CC.CCC.CCCNCCNCCN.c1ccncc1. The third kappa shape index (κ3) is 38.1. The van der Waals surface area contributed by atoms with Crippen LogP contribution in [0.2, 0.25) is 0 Å². The van der Waals surface area contributed by atoms with Gasteiger partial charge >= 0.3 is 0 Å². The fraction of sp³-hybridized carbons (Fsp3) is 0.706. The maximum absolute atomic E-state index is 5.29. The number of hydrogen-bond donors (Lipinski definition) is 3. The van der Waals surface area contributed by atoms with E-state index in [4.69, 9.17) is 5.73 Å². The Hall–Kier alpha value is -0.970. The molecule has 0 aliphatic heterocycles. The van der Waals surface area contributed by atoms with E-state index in [1.165, 1.54) is 12.8 Å². The lowest BCUT2D eigenvalue weighted by atomic mass is 10.4. The second-order valence-electron chi connectivity index (χ2n) is 4.02. The molecule has 0 saturated heterocycles. The van der Waals surface area contributed by atoms with E-state index in [1.54, 1.807) is 12.4 Å². The number of nitrogens with two attached hydrogens (primary N) is 1. The zero-order chi connectivity index (χ0) is 16.6. The molecule has 0 aromatic carbocycles. The molecule has 21 heavy (non-hydrogen) atoms. The van der Waals surface area contributed by atoms with Crippen LogP contribution in [0.4, 0.5) is 0 Å². The van der Waals surface area contributed by atoms with Crippen LogP contribution in [0.1, 0.15) is 47.5 Å². The molecule has 126 valence electrons. The Labute approximate surface area is 132 Å². The molecule has 1 rings (SSSR count). The summed E-state index contributed by atoms with van der Waals surface area (Å²) in [6, 6.07) is 5.72. The van der Waals surface area contributed by atoms with Crippen molar-refractivity contribution in [2.24, 2.45) is 5.73 Å². The van der Waals surface area contributed by atoms with Crippen LogP contribution in [0.15, 0.2) is 30.6 Å². The smallest absolute Gasteiger partial charge is 0.0267 e. The van der Waals surface area contributed by atoms with E-state index in [0.717, 1.165) is 32.7 Å². The molecule has 4 N–H and O–H groups in total. The van der Waals surface area contributed by atoms with Crippen molar-refractivity contribution in [1.82, 2.24) is 15.6 Å². The number of rotatable bonds is 7. The molecule has 0 aliphatic carbocycles. The van der Waals surface area contributed by atoms with Gasteiger partial charge < -0.3 is 16.4 Å². The van der Waals surface area contributed by atoms with Crippen molar-refractivity contribution >= 4 is 0 Å². The van der Waals surface area contributed by atoms with Gasteiger partial charge in [-0.15, -0.1) is 0 Å². The minimum atomic E-state index is 0.730. The van der Waals surface area contributed by atoms with Crippen LogP contribution in [0.25, 0.3) is 0 Å². The van der Waals surface area contributed by atoms with Crippen molar-refractivity contribution in [2.75, 3.05) is 32.7 Å². The number of pyridine rings is 1. The summed E-state index contributed by atoms with van der Waals surface area (Å²) < 4.78 is 0. The topological polar surface area (TPSA) is 63.0 Å². The third-order valence-electron chi connectivity index (χ3n) is 1.79. The molecule has 0 fully saturated rings. The van der Waals surface area contributed by atoms with Gasteiger partial charge in [0.1, 0.15) is 0 Å². The Morgan fingerprint density at radius 2 is 1.29 bits per heavy atom. The van der Waals surface area contributed by atoms with Gasteiger partial charge in [-0.3, -0.25) is 4.98 Å². The Kier molecular flexibility index (Phi) is 37.4. The number of aromatic nitrogens is 1. The van der Waals surface area contributed by atoms with Gasteiger partial charge in [0, 0.05) is 38.6 Å². The highest BCUT2D eigenvalue weighted by atomic mass is 14.9. The summed E-state index contributed by atoms with van der Waals surface area (Å²) in [4.78, 5) is 3.78. The van der Waals surface area contributed by atoms with Crippen molar-refractivity contribution in [2.45, 2.75) is 47.5 Å². The molecule has 4 heteroatoms. The molecule has 0 bridgehead atoms. The number of nitrogens with zero attached hydrogens (tertiary/aromatic N) is 1. The molecule has 0 unspecified atom stereocenters. The average Bonchev–Trinajstić information content (AvgIpc) is 2.56. The standard InChI is InChI=1S/C7H19N3.C5H5N.C3H8.C2H6/c1-2-4-9-6-7-10-5-3-8;1-2-4-6-5-3-1;1-3-2;1-2/h9-10H,2-8H2,1H3;1-5H;3H2,1-2H3;1-2H3. The highest BCUT2D eigenvalue weighted by Crippen LogP contribution is 1.73. The third-order valence-corrected chi connectivity index (χ3v) is 1.79. The summed E-state index contributed by atoms with van der Waals surface area (Å²) in [5, 5.41) is 6.50. The molecule has 4 nitrogen and oxygen atoms in total. The van der Waals surface area contributed by atoms with Gasteiger partial charge in [0.05, 0.1) is 0 Å².